The Kier molecular flexibility index (Phi) is 3.52. The number of rotatable bonds is 2. The first-order valence-corrected chi connectivity index (χ1v) is 6.14. The third kappa shape index (κ3) is 2.09. The van der Waals surface area contributed by atoms with E-state index in [4.69, 9.17) is 5.73 Å². The van der Waals surface area contributed by atoms with Crippen LogP contribution in [0.25, 0.3) is 10.9 Å². The molecular weight excluding hydrogens is 252 g/mol. The lowest BCUT2D eigenvalue weighted by Crippen LogP contribution is -2.10. The number of fused-ring (bicyclic) bond motifs is 1. The number of nitrogens with two attached hydrogens (primary N) is 1. The van der Waals surface area contributed by atoms with E-state index >= 15 is 0 Å². The highest BCUT2D eigenvalue weighted by Gasteiger charge is 2.13. The number of benzene rings is 1. The van der Waals surface area contributed by atoms with Gasteiger partial charge in [0.25, 0.3) is 0 Å². The van der Waals surface area contributed by atoms with Crippen LogP contribution in [-0.2, 0) is 0 Å². The average molecular weight is 265 g/mol. The van der Waals surface area contributed by atoms with Gasteiger partial charge in [-0.05, 0) is 34.0 Å². The van der Waals surface area contributed by atoms with E-state index in [0.29, 0.717) is 0 Å². The highest BCUT2D eigenvalue weighted by molar-refractivity contribution is 7.08. The fraction of sp³-hybridized carbons (Fsp3) is 0.0769. The van der Waals surface area contributed by atoms with E-state index in [1.54, 1.807) is 11.3 Å². The first kappa shape index (κ1) is 12.2. The summed E-state index contributed by atoms with van der Waals surface area (Å²) in [6, 6.07) is 10.3. The second-order valence-corrected chi connectivity index (χ2v) is 4.60. The van der Waals surface area contributed by atoms with Gasteiger partial charge >= 0.3 is 0 Å². The summed E-state index contributed by atoms with van der Waals surface area (Å²) in [5, 5.41) is 5.37. The molecule has 4 heteroatoms. The number of para-hydroxylation sites is 1. The molecule has 2 aromatic heterocycles. The SMILES string of the molecule is Cl.N[C@@H](c1ccsc1)c1c[nH]c2ccccc12. The molecule has 1 aromatic carbocycles. The molecule has 0 saturated heterocycles. The van der Waals surface area contributed by atoms with E-state index in [0.717, 1.165) is 11.1 Å². The Bertz CT molecular complexity index is 601. The van der Waals surface area contributed by atoms with Crippen molar-refractivity contribution in [3.8, 4) is 0 Å². The van der Waals surface area contributed by atoms with E-state index in [9.17, 15) is 0 Å². The van der Waals surface area contributed by atoms with Gasteiger partial charge in [-0.1, -0.05) is 18.2 Å². The van der Waals surface area contributed by atoms with E-state index in [1.165, 1.54) is 10.9 Å². The molecule has 0 unspecified atom stereocenters. The maximum atomic E-state index is 6.26. The maximum Gasteiger partial charge on any atom is 0.0581 e. The summed E-state index contributed by atoms with van der Waals surface area (Å²) >= 11 is 1.68. The van der Waals surface area contributed by atoms with Gasteiger partial charge in [-0.25, -0.2) is 0 Å². The van der Waals surface area contributed by atoms with Crippen LogP contribution in [0.15, 0.2) is 47.3 Å². The molecule has 0 aliphatic rings. The van der Waals surface area contributed by atoms with Crippen LogP contribution in [0.4, 0.5) is 0 Å². The number of thiophene rings is 1. The van der Waals surface area contributed by atoms with Crippen LogP contribution < -0.4 is 5.73 Å². The Hall–Kier alpha value is -1.29. The highest BCUT2D eigenvalue weighted by Crippen LogP contribution is 2.27. The van der Waals surface area contributed by atoms with Crippen molar-refractivity contribution in [3.05, 3.63) is 58.4 Å². The number of hydrogen-bond acceptors (Lipinski definition) is 2. The summed E-state index contributed by atoms with van der Waals surface area (Å²) in [6.45, 7) is 0. The van der Waals surface area contributed by atoms with Gasteiger partial charge in [-0.2, -0.15) is 11.3 Å². The summed E-state index contributed by atoms with van der Waals surface area (Å²) in [5.41, 5.74) is 9.74. The van der Waals surface area contributed by atoms with Gasteiger partial charge in [0.1, 0.15) is 0 Å². The van der Waals surface area contributed by atoms with Gasteiger partial charge in [0, 0.05) is 17.1 Å². The molecule has 0 aliphatic carbocycles. The van der Waals surface area contributed by atoms with Crippen molar-refractivity contribution in [1.29, 1.82) is 0 Å². The van der Waals surface area contributed by atoms with E-state index in [1.807, 2.05) is 18.3 Å². The Labute approximate surface area is 110 Å². The van der Waals surface area contributed by atoms with Gasteiger partial charge in [-0.3, -0.25) is 0 Å². The molecule has 0 fully saturated rings. The van der Waals surface area contributed by atoms with Crippen LogP contribution >= 0.6 is 23.7 Å². The van der Waals surface area contributed by atoms with Crippen molar-refractivity contribution in [2.24, 2.45) is 5.73 Å². The highest BCUT2D eigenvalue weighted by atomic mass is 35.5. The summed E-state index contributed by atoms with van der Waals surface area (Å²) in [7, 11) is 0. The molecule has 1 atom stereocenters. The maximum absolute atomic E-state index is 6.26. The topological polar surface area (TPSA) is 41.8 Å². The minimum absolute atomic E-state index is 0. The zero-order valence-corrected chi connectivity index (χ0v) is 10.7. The Balaban J connectivity index is 0.00000108. The summed E-state index contributed by atoms with van der Waals surface area (Å²) < 4.78 is 0. The van der Waals surface area contributed by atoms with Gasteiger partial charge in [0.15, 0.2) is 0 Å². The Morgan fingerprint density at radius 2 is 2.00 bits per heavy atom. The fourth-order valence-electron chi connectivity index (χ4n) is 1.98. The number of aromatic nitrogens is 1. The minimum Gasteiger partial charge on any atom is -0.361 e. The van der Waals surface area contributed by atoms with Crippen LogP contribution in [0.1, 0.15) is 17.2 Å². The minimum atomic E-state index is -0.0394. The number of H-pyrrole nitrogens is 1. The average Bonchev–Trinajstić information content (AvgIpc) is 2.98. The van der Waals surface area contributed by atoms with Crippen LogP contribution in [0.3, 0.4) is 0 Å². The number of halogens is 1. The molecule has 0 amide bonds. The van der Waals surface area contributed by atoms with Crippen molar-refractivity contribution < 1.29 is 0 Å². The Morgan fingerprint density at radius 1 is 1.18 bits per heavy atom. The molecule has 0 radical (unpaired) electrons. The third-order valence-corrected chi connectivity index (χ3v) is 3.56. The Morgan fingerprint density at radius 3 is 2.76 bits per heavy atom. The van der Waals surface area contributed by atoms with Crippen molar-refractivity contribution in [3.63, 3.8) is 0 Å². The summed E-state index contributed by atoms with van der Waals surface area (Å²) in [4.78, 5) is 3.25. The molecule has 0 saturated carbocycles. The molecule has 0 aliphatic heterocycles. The van der Waals surface area contributed by atoms with Gasteiger partial charge in [-0.15, -0.1) is 12.4 Å². The third-order valence-electron chi connectivity index (χ3n) is 2.86. The zero-order valence-electron chi connectivity index (χ0n) is 9.09. The van der Waals surface area contributed by atoms with Crippen molar-refractivity contribution in [1.82, 2.24) is 4.98 Å². The molecule has 0 bridgehead atoms. The van der Waals surface area contributed by atoms with Crippen LogP contribution in [0.5, 0.6) is 0 Å². The summed E-state index contributed by atoms with van der Waals surface area (Å²) in [5.74, 6) is 0. The molecule has 3 aromatic rings. The first-order chi connectivity index (χ1) is 7.86. The predicted molar refractivity (Wildman–Crippen MR) is 75.9 cm³/mol. The number of nitrogens with one attached hydrogen (secondary N) is 1. The molecule has 2 heterocycles. The zero-order chi connectivity index (χ0) is 11.0. The number of aromatic amines is 1. The standard InChI is InChI=1S/C13H12N2S.ClH/c14-13(9-5-6-16-8-9)11-7-15-12-4-2-1-3-10(11)12;/h1-8,13,15H,14H2;1H/t13-;/m0./s1. The molecule has 2 nitrogen and oxygen atoms in total. The first-order valence-electron chi connectivity index (χ1n) is 5.20. The second kappa shape index (κ2) is 4.92. The monoisotopic (exact) mass is 264 g/mol. The van der Waals surface area contributed by atoms with E-state index < -0.39 is 0 Å². The molecule has 0 spiro atoms. The lowest BCUT2D eigenvalue weighted by molar-refractivity contribution is 0.886. The largest absolute Gasteiger partial charge is 0.361 e. The van der Waals surface area contributed by atoms with Crippen LogP contribution in [0, 0.1) is 0 Å². The fourth-order valence-corrected chi connectivity index (χ4v) is 2.68. The second-order valence-electron chi connectivity index (χ2n) is 3.82. The molecule has 88 valence electrons. The lowest BCUT2D eigenvalue weighted by atomic mass is 10.0. The molecule has 17 heavy (non-hydrogen) atoms. The van der Waals surface area contributed by atoms with Crippen molar-refractivity contribution in [2.75, 3.05) is 0 Å². The van der Waals surface area contributed by atoms with Crippen LogP contribution in [0.2, 0.25) is 0 Å². The van der Waals surface area contributed by atoms with E-state index in [-0.39, 0.29) is 18.4 Å². The van der Waals surface area contributed by atoms with Crippen LogP contribution in [-0.4, -0.2) is 4.98 Å². The lowest BCUT2D eigenvalue weighted by Gasteiger charge is -2.08. The van der Waals surface area contributed by atoms with Crippen molar-refractivity contribution >= 4 is 34.6 Å². The quantitative estimate of drug-likeness (QED) is 0.728. The van der Waals surface area contributed by atoms with E-state index in [2.05, 4.69) is 33.9 Å². The molecule has 3 rings (SSSR count). The predicted octanol–water partition coefficient (Wildman–Crippen LogP) is 3.70. The van der Waals surface area contributed by atoms with Gasteiger partial charge in [0.2, 0.25) is 0 Å². The smallest absolute Gasteiger partial charge is 0.0581 e. The molecule has 3 N–H and O–H groups in total. The molecular formula is C13H13ClN2S. The van der Waals surface area contributed by atoms with Gasteiger partial charge in [0.05, 0.1) is 6.04 Å². The summed E-state index contributed by atoms with van der Waals surface area (Å²) in [6.07, 6.45) is 2.01. The normalized spacial score (nSPS) is 12.3. The van der Waals surface area contributed by atoms with Gasteiger partial charge < -0.3 is 10.7 Å². The van der Waals surface area contributed by atoms with Crippen molar-refractivity contribution in [2.45, 2.75) is 6.04 Å². The number of hydrogen-bond donors (Lipinski definition) is 2.